The minimum atomic E-state index is -1.31. The van der Waals surface area contributed by atoms with Crippen molar-refractivity contribution in [3.63, 3.8) is 0 Å². The molecular weight excluding hydrogens is 566 g/mol. The number of carbonyl (C=O) groups excluding carboxylic acids is 2. The summed E-state index contributed by atoms with van der Waals surface area (Å²) in [6.45, 7) is 11.0. The summed E-state index contributed by atoms with van der Waals surface area (Å²) < 4.78 is 27.3. The summed E-state index contributed by atoms with van der Waals surface area (Å²) >= 11 is 1.19. The Morgan fingerprint density at radius 3 is 2.46 bits per heavy atom. The monoisotopic (exact) mass is 599 g/mol. The molecule has 2 heterocycles. The first-order chi connectivity index (χ1) is 19.2. The summed E-state index contributed by atoms with van der Waals surface area (Å²) in [4.78, 5) is 27.4. The third-order valence-electron chi connectivity index (χ3n) is 5.20. The predicted molar refractivity (Wildman–Crippen MR) is 161 cm³/mol. The molecule has 218 valence electrons. The van der Waals surface area contributed by atoms with Crippen LogP contribution in [-0.4, -0.2) is 59.9 Å². The number of benzene rings is 2. The number of nitrogens with zero attached hydrogens (tertiary/aromatic N) is 5. The highest BCUT2D eigenvalue weighted by Gasteiger charge is 2.29. The van der Waals surface area contributed by atoms with Crippen molar-refractivity contribution in [2.45, 2.75) is 52.7 Å². The van der Waals surface area contributed by atoms with E-state index in [0.717, 1.165) is 5.56 Å². The standard InChI is InChI=1S/C27H33N7O5S2/c1-26(2,3)38-24(35)33(20-10-11-21-18(15-20)16-29-34(21)25(36)39-27(4,5)6)23-31-30-22(40-23)17-8-7-9-19(14-17)32-41(37)13-12-28/h7-11,14-16,32H,12-13,28H2,1-6H3. The lowest BCUT2D eigenvalue weighted by Crippen LogP contribution is -2.33. The van der Waals surface area contributed by atoms with Crippen LogP contribution < -0.4 is 15.4 Å². The molecule has 1 atom stereocenters. The summed E-state index contributed by atoms with van der Waals surface area (Å²) in [6.07, 6.45) is 0.266. The van der Waals surface area contributed by atoms with E-state index >= 15 is 0 Å². The maximum atomic E-state index is 13.4. The fraction of sp³-hybridized carbons (Fsp3) is 0.370. The van der Waals surface area contributed by atoms with Crippen molar-refractivity contribution in [2.24, 2.45) is 5.73 Å². The zero-order valence-electron chi connectivity index (χ0n) is 23.7. The Kier molecular flexibility index (Phi) is 8.75. The van der Waals surface area contributed by atoms with E-state index in [9.17, 15) is 13.8 Å². The van der Waals surface area contributed by atoms with Gasteiger partial charge in [-0.2, -0.15) is 9.78 Å². The van der Waals surface area contributed by atoms with E-state index in [0.29, 0.717) is 39.6 Å². The van der Waals surface area contributed by atoms with E-state index in [1.807, 2.05) is 6.07 Å². The van der Waals surface area contributed by atoms with Crippen LogP contribution in [0, 0.1) is 0 Å². The smallest absolute Gasteiger partial charge is 0.435 e. The van der Waals surface area contributed by atoms with Crippen LogP contribution in [-0.2, 0) is 20.5 Å². The van der Waals surface area contributed by atoms with Crippen molar-refractivity contribution in [3.8, 4) is 10.6 Å². The van der Waals surface area contributed by atoms with Crippen LogP contribution in [0.1, 0.15) is 41.5 Å². The van der Waals surface area contributed by atoms with Crippen molar-refractivity contribution < 1.29 is 23.3 Å². The summed E-state index contributed by atoms with van der Waals surface area (Å²) in [5, 5.41) is 14.2. The summed E-state index contributed by atoms with van der Waals surface area (Å²) in [6, 6.07) is 12.3. The van der Waals surface area contributed by atoms with Gasteiger partial charge >= 0.3 is 12.2 Å². The van der Waals surface area contributed by atoms with Gasteiger partial charge in [-0.15, -0.1) is 10.2 Å². The first-order valence-electron chi connectivity index (χ1n) is 12.8. The topological polar surface area (TPSA) is 155 Å². The van der Waals surface area contributed by atoms with Crippen molar-refractivity contribution in [2.75, 3.05) is 21.9 Å². The number of fused-ring (bicyclic) bond motifs is 1. The molecule has 0 fully saturated rings. The molecule has 0 aliphatic heterocycles. The number of nitrogens with one attached hydrogen (secondary N) is 1. The van der Waals surface area contributed by atoms with Crippen molar-refractivity contribution in [1.82, 2.24) is 20.0 Å². The van der Waals surface area contributed by atoms with E-state index in [2.05, 4.69) is 20.0 Å². The Labute approximate surface area is 244 Å². The van der Waals surface area contributed by atoms with E-state index in [-0.39, 0.29) is 5.13 Å². The fourth-order valence-corrected chi connectivity index (χ4v) is 5.20. The second-order valence-corrected chi connectivity index (χ2v) is 13.3. The Morgan fingerprint density at radius 2 is 1.78 bits per heavy atom. The van der Waals surface area contributed by atoms with Gasteiger partial charge in [-0.05, 0) is 71.9 Å². The van der Waals surface area contributed by atoms with Crippen LogP contribution in [0.2, 0.25) is 0 Å². The second-order valence-electron chi connectivity index (χ2n) is 11.0. The van der Waals surface area contributed by atoms with Crippen molar-refractivity contribution in [3.05, 3.63) is 48.7 Å². The molecular formula is C27H33N7O5S2. The summed E-state index contributed by atoms with van der Waals surface area (Å²) in [5.41, 5.74) is 6.37. The zero-order chi connectivity index (χ0) is 29.9. The number of rotatable bonds is 7. The molecule has 1 unspecified atom stereocenters. The van der Waals surface area contributed by atoms with Gasteiger partial charge < -0.3 is 19.9 Å². The normalized spacial score (nSPS) is 12.7. The van der Waals surface area contributed by atoms with Gasteiger partial charge in [0.15, 0.2) is 0 Å². The Morgan fingerprint density at radius 1 is 1.05 bits per heavy atom. The second kappa shape index (κ2) is 11.9. The molecule has 2 aromatic carbocycles. The fourth-order valence-electron chi connectivity index (χ4n) is 3.64. The highest BCUT2D eigenvalue weighted by molar-refractivity contribution is 7.86. The van der Waals surface area contributed by atoms with Crippen LogP contribution in [0.25, 0.3) is 21.5 Å². The van der Waals surface area contributed by atoms with Gasteiger partial charge in [0.2, 0.25) is 5.13 Å². The SMILES string of the molecule is CC(C)(C)OC(=O)N(c1ccc2c(cnn2C(=O)OC(C)(C)C)c1)c1nnc(-c2cccc(NS(=O)CCN)c2)s1. The largest absolute Gasteiger partial charge is 0.443 e. The quantitative estimate of drug-likeness (QED) is 0.282. The average Bonchev–Trinajstić information content (AvgIpc) is 3.50. The number of hydrogen-bond donors (Lipinski definition) is 2. The molecule has 0 saturated heterocycles. The molecule has 14 heteroatoms. The van der Waals surface area contributed by atoms with E-state index < -0.39 is 34.4 Å². The molecule has 3 N–H and O–H groups in total. The van der Waals surface area contributed by atoms with Gasteiger partial charge in [0.1, 0.15) is 27.2 Å². The molecule has 0 saturated carbocycles. The Hall–Kier alpha value is -3.88. The first-order valence-corrected chi connectivity index (χ1v) is 14.9. The number of nitrogens with two attached hydrogens (primary N) is 1. The van der Waals surface area contributed by atoms with E-state index in [4.69, 9.17) is 15.2 Å². The van der Waals surface area contributed by atoms with Gasteiger partial charge in [0.05, 0.1) is 23.2 Å². The third-order valence-corrected chi connectivity index (χ3v) is 7.23. The number of carbonyl (C=O) groups is 2. The minimum Gasteiger partial charge on any atom is -0.443 e. The maximum Gasteiger partial charge on any atom is 0.435 e. The van der Waals surface area contributed by atoms with Crippen molar-refractivity contribution in [1.29, 1.82) is 0 Å². The molecule has 41 heavy (non-hydrogen) atoms. The number of ether oxygens (including phenoxy) is 2. The Balaban J connectivity index is 1.69. The van der Waals surface area contributed by atoms with Crippen LogP contribution in [0.4, 0.5) is 26.1 Å². The highest BCUT2D eigenvalue weighted by atomic mass is 32.2. The van der Waals surface area contributed by atoms with E-state index in [1.165, 1.54) is 27.1 Å². The number of hydrogen-bond acceptors (Lipinski definition) is 10. The van der Waals surface area contributed by atoms with Gasteiger partial charge in [0.25, 0.3) is 0 Å². The van der Waals surface area contributed by atoms with Gasteiger partial charge in [-0.25, -0.2) is 18.7 Å². The number of aromatic nitrogens is 4. The van der Waals surface area contributed by atoms with Crippen LogP contribution in [0.3, 0.4) is 0 Å². The molecule has 0 aliphatic carbocycles. The maximum absolute atomic E-state index is 13.4. The molecule has 0 radical (unpaired) electrons. The van der Waals surface area contributed by atoms with Gasteiger partial charge in [-0.3, -0.25) is 0 Å². The highest BCUT2D eigenvalue weighted by Crippen LogP contribution is 2.36. The third kappa shape index (κ3) is 7.65. The van der Waals surface area contributed by atoms with Crippen LogP contribution in [0.15, 0.2) is 48.7 Å². The first kappa shape index (κ1) is 30.1. The molecule has 2 aromatic heterocycles. The van der Waals surface area contributed by atoms with E-state index in [1.54, 1.807) is 77.9 Å². The zero-order valence-corrected chi connectivity index (χ0v) is 25.3. The molecule has 0 bridgehead atoms. The molecule has 0 spiro atoms. The summed E-state index contributed by atoms with van der Waals surface area (Å²) in [5.74, 6) is 0.319. The Bertz CT molecular complexity index is 1590. The lowest BCUT2D eigenvalue weighted by atomic mass is 10.2. The minimum absolute atomic E-state index is 0.276. The van der Waals surface area contributed by atoms with Gasteiger partial charge in [0, 0.05) is 23.2 Å². The van der Waals surface area contributed by atoms with Crippen LogP contribution in [0.5, 0.6) is 0 Å². The lowest BCUT2D eigenvalue weighted by molar-refractivity contribution is 0.0521. The molecule has 12 nitrogen and oxygen atoms in total. The van der Waals surface area contributed by atoms with Crippen molar-refractivity contribution >= 4 is 61.9 Å². The number of anilines is 3. The summed E-state index contributed by atoms with van der Waals surface area (Å²) in [7, 11) is -1.31. The molecule has 1 amide bonds. The van der Waals surface area contributed by atoms with Gasteiger partial charge in [-0.1, -0.05) is 23.5 Å². The predicted octanol–water partition coefficient (Wildman–Crippen LogP) is 5.45. The molecule has 0 aliphatic rings. The molecule has 4 aromatic rings. The average molecular weight is 600 g/mol. The van der Waals surface area contributed by atoms with Crippen LogP contribution >= 0.6 is 11.3 Å². The lowest BCUT2D eigenvalue weighted by Gasteiger charge is -2.25. The number of amides is 1. The molecule has 4 rings (SSSR count).